The standard InChI is InChI=1S/C19H25NO/c1-14-10-11-18(19(12-14)21-4)16(3)20-13-15(2)17-8-6-5-7-9-17/h5-12,15-16,20H,13H2,1-4H3. The Morgan fingerprint density at radius 3 is 2.43 bits per heavy atom. The lowest BCUT2D eigenvalue weighted by Crippen LogP contribution is -2.24. The normalized spacial score (nSPS) is 13.7. The third-order valence-electron chi connectivity index (χ3n) is 3.95. The van der Waals surface area contributed by atoms with Crippen LogP contribution in [0.4, 0.5) is 0 Å². The molecule has 2 unspecified atom stereocenters. The molecule has 0 spiro atoms. The first-order valence-corrected chi connectivity index (χ1v) is 7.54. The zero-order valence-corrected chi connectivity index (χ0v) is 13.4. The fourth-order valence-electron chi connectivity index (χ4n) is 2.54. The number of aryl methyl sites for hydroxylation is 1. The van der Waals surface area contributed by atoms with Gasteiger partial charge in [0, 0.05) is 18.2 Å². The van der Waals surface area contributed by atoms with Crippen molar-refractivity contribution in [2.45, 2.75) is 32.7 Å². The Bertz CT molecular complexity index is 565. The molecular formula is C19H25NO. The maximum absolute atomic E-state index is 5.50. The predicted octanol–water partition coefficient (Wildman–Crippen LogP) is 4.46. The Labute approximate surface area is 128 Å². The Kier molecular flexibility index (Phi) is 5.40. The third kappa shape index (κ3) is 4.08. The lowest BCUT2D eigenvalue weighted by molar-refractivity contribution is 0.400. The van der Waals surface area contributed by atoms with Gasteiger partial charge in [-0.3, -0.25) is 0 Å². The summed E-state index contributed by atoms with van der Waals surface area (Å²) in [7, 11) is 1.73. The van der Waals surface area contributed by atoms with Crippen LogP contribution >= 0.6 is 0 Å². The molecule has 2 rings (SSSR count). The van der Waals surface area contributed by atoms with Crippen LogP contribution in [0.1, 0.15) is 42.5 Å². The molecule has 2 heteroatoms. The zero-order chi connectivity index (χ0) is 15.2. The summed E-state index contributed by atoms with van der Waals surface area (Å²) in [6.07, 6.45) is 0. The molecule has 0 fully saturated rings. The van der Waals surface area contributed by atoms with Crippen molar-refractivity contribution in [3.05, 3.63) is 65.2 Å². The number of benzene rings is 2. The van der Waals surface area contributed by atoms with Gasteiger partial charge in [0.05, 0.1) is 7.11 Å². The summed E-state index contributed by atoms with van der Waals surface area (Å²) in [4.78, 5) is 0. The molecule has 1 N–H and O–H groups in total. The first-order chi connectivity index (χ1) is 10.1. The molecule has 2 aromatic rings. The van der Waals surface area contributed by atoms with Crippen LogP contribution in [-0.4, -0.2) is 13.7 Å². The van der Waals surface area contributed by atoms with Gasteiger partial charge in [0.15, 0.2) is 0 Å². The van der Waals surface area contributed by atoms with E-state index in [-0.39, 0.29) is 6.04 Å². The summed E-state index contributed by atoms with van der Waals surface area (Å²) in [5.41, 5.74) is 3.80. The summed E-state index contributed by atoms with van der Waals surface area (Å²) >= 11 is 0. The first-order valence-electron chi connectivity index (χ1n) is 7.54. The number of rotatable bonds is 6. The van der Waals surface area contributed by atoms with Crippen molar-refractivity contribution in [1.29, 1.82) is 0 Å². The van der Waals surface area contributed by atoms with Crippen LogP contribution in [-0.2, 0) is 0 Å². The van der Waals surface area contributed by atoms with E-state index in [9.17, 15) is 0 Å². The van der Waals surface area contributed by atoms with Crippen LogP contribution < -0.4 is 10.1 Å². The van der Waals surface area contributed by atoms with Crippen LogP contribution in [0, 0.1) is 6.92 Å². The van der Waals surface area contributed by atoms with Gasteiger partial charge < -0.3 is 10.1 Å². The lowest BCUT2D eigenvalue weighted by Gasteiger charge is -2.20. The van der Waals surface area contributed by atoms with Crippen molar-refractivity contribution >= 4 is 0 Å². The van der Waals surface area contributed by atoms with Crippen molar-refractivity contribution in [1.82, 2.24) is 5.32 Å². The molecule has 2 atom stereocenters. The van der Waals surface area contributed by atoms with E-state index >= 15 is 0 Å². The van der Waals surface area contributed by atoms with E-state index in [1.165, 1.54) is 16.7 Å². The summed E-state index contributed by atoms with van der Waals surface area (Å²) < 4.78 is 5.50. The second-order valence-corrected chi connectivity index (χ2v) is 5.69. The number of ether oxygens (including phenoxy) is 1. The molecule has 0 saturated carbocycles. The molecule has 0 amide bonds. The smallest absolute Gasteiger partial charge is 0.123 e. The molecule has 0 heterocycles. The Balaban J connectivity index is 2.00. The molecule has 0 saturated heterocycles. The maximum atomic E-state index is 5.50. The molecule has 0 radical (unpaired) electrons. The Morgan fingerprint density at radius 1 is 1.05 bits per heavy atom. The van der Waals surface area contributed by atoms with Crippen LogP contribution in [0.15, 0.2) is 48.5 Å². The average Bonchev–Trinajstić information content (AvgIpc) is 2.52. The van der Waals surface area contributed by atoms with Crippen molar-refractivity contribution < 1.29 is 4.74 Å². The van der Waals surface area contributed by atoms with Crippen molar-refractivity contribution in [2.75, 3.05) is 13.7 Å². The van der Waals surface area contributed by atoms with Gasteiger partial charge in [0.2, 0.25) is 0 Å². The highest BCUT2D eigenvalue weighted by atomic mass is 16.5. The van der Waals surface area contributed by atoms with Gasteiger partial charge >= 0.3 is 0 Å². The first kappa shape index (κ1) is 15.6. The monoisotopic (exact) mass is 283 g/mol. The molecule has 112 valence electrons. The molecule has 0 bridgehead atoms. The van der Waals surface area contributed by atoms with Gasteiger partial charge in [-0.15, -0.1) is 0 Å². The van der Waals surface area contributed by atoms with Gasteiger partial charge in [-0.2, -0.15) is 0 Å². The van der Waals surface area contributed by atoms with E-state index in [0.717, 1.165) is 12.3 Å². The SMILES string of the molecule is COc1cc(C)ccc1C(C)NCC(C)c1ccccc1. The molecule has 0 aromatic heterocycles. The van der Waals surface area contributed by atoms with Crippen LogP contribution in [0.3, 0.4) is 0 Å². The van der Waals surface area contributed by atoms with Crippen molar-refractivity contribution in [2.24, 2.45) is 0 Å². The van der Waals surface area contributed by atoms with Gasteiger partial charge in [-0.05, 0) is 37.0 Å². The quantitative estimate of drug-likeness (QED) is 0.845. The van der Waals surface area contributed by atoms with Gasteiger partial charge in [0.1, 0.15) is 5.75 Å². The number of methoxy groups -OCH3 is 1. The minimum Gasteiger partial charge on any atom is -0.496 e. The van der Waals surface area contributed by atoms with E-state index in [0.29, 0.717) is 5.92 Å². The minimum atomic E-state index is 0.270. The maximum Gasteiger partial charge on any atom is 0.123 e. The summed E-state index contributed by atoms with van der Waals surface area (Å²) in [5.74, 6) is 1.45. The predicted molar refractivity (Wildman–Crippen MR) is 89.0 cm³/mol. The molecule has 21 heavy (non-hydrogen) atoms. The highest BCUT2D eigenvalue weighted by Crippen LogP contribution is 2.26. The zero-order valence-electron chi connectivity index (χ0n) is 13.4. The Hall–Kier alpha value is -1.80. The highest BCUT2D eigenvalue weighted by Gasteiger charge is 2.13. The molecule has 0 aliphatic carbocycles. The summed E-state index contributed by atoms with van der Waals surface area (Å²) in [6.45, 7) is 7.47. The summed E-state index contributed by atoms with van der Waals surface area (Å²) in [5, 5.41) is 3.61. The third-order valence-corrected chi connectivity index (χ3v) is 3.95. The average molecular weight is 283 g/mol. The van der Waals surface area contributed by atoms with Crippen LogP contribution in [0.25, 0.3) is 0 Å². The summed E-state index contributed by atoms with van der Waals surface area (Å²) in [6, 6.07) is 17.3. The molecular weight excluding hydrogens is 258 g/mol. The van der Waals surface area contributed by atoms with E-state index < -0.39 is 0 Å². The molecule has 0 aliphatic heterocycles. The van der Waals surface area contributed by atoms with Crippen molar-refractivity contribution in [3.8, 4) is 5.75 Å². The van der Waals surface area contributed by atoms with Gasteiger partial charge in [0.25, 0.3) is 0 Å². The fourth-order valence-corrected chi connectivity index (χ4v) is 2.54. The number of hydrogen-bond donors (Lipinski definition) is 1. The topological polar surface area (TPSA) is 21.3 Å². The van der Waals surface area contributed by atoms with Gasteiger partial charge in [-0.1, -0.05) is 49.4 Å². The van der Waals surface area contributed by atoms with E-state index in [2.05, 4.69) is 74.6 Å². The molecule has 2 nitrogen and oxygen atoms in total. The minimum absolute atomic E-state index is 0.270. The Morgan fingerprint density at radius 2 is 1.76 bits per heavy atom. The number of hydrogen-bond acceptors (Lipinski definition) is 2. The lowest BCUT2D eigenvalue weighted by atomic mass is 10.00. The van der Waals surface area contributed by atoms with E-state index in [1.54, 1.807) is 7.11 Å². The molecule has 0 aliphatic rings. The second kappa shape index (κ2) is 7.28. The van der Waals surface area contributed by atoms with E-state index in [4.69, 9.17) is 4.74 Å². The van der Waals surface area contributed by atoms with Crippen LogP contribution in [0.5, 0.6) is 5.75 Å². The largest absolute Gasteiger partial charge is 0.496 e. The fraction of sp³-hybridized carbons (Fsp3) is 0.368. The highest BCUT2D eigenvalue weighted by molar-refractivity contribution is 5.39. The van der Waals surface area contributed by atoms with Crippen molar-refractivity contribution in [3.63, 3.8) is 0 Å². The van der Waals surface area contributed by atoms with Gasteiger partial charge in [-0.25, -0.2) is 0 Å². The van der Waals surface area contributed by atoms with Crippen LogP contribution in [0.2, 0.25) is 0 Å². The molecule has 2 aromatic carbocycles. The number of nitrogens with one attached hydrogen (secondary N) is 1. The van der Waals surface area contributed by atoms with E-state index in [1.807, 2.05) is 0 Å². The second-order valence-electron chi connectivity index (χ2n) is 5.69.